The highest BCUT2D eigenvalue weighted by molar-refractivity contribution is 7.15. The normalized spacial score (nSPS) is 16.4. The van der Waals surface area contributed by atoms with Gasteiger partial charge in [0, 0.05) is 23.9 Å². The molecule has 0 bridgehead atoms. The van der Waals surface area contributed by atoms with Gasteiger partial charge in [-0.15, -0.1) is 0 Å². The van der Waals surface area contributed by atoms with Crippen LogP contribution >= 0.6 is 11.3 Å². The van der Waals surface area contributed by atoms with Crippen LogP contribution in [0.15, 0.2) is 24.3 Å². The molecule has 2 aliphatic rings. The number of amides is 3. The molecular formula is C21H26N4O3S. The number of benzene rings is 1. The van der Waals surface area contributed by atoms with Gasteiger partial charge in [0.15, 0.2) is 11.7 Å². The number of hydrogen-bond donors (Lipinski definition) is 2. The second kappa shape index (κ2) is 8.82. The fourth-order valence-corrected chi connectivity index (χ4v) is 4.74. The van der Waals surface area contributed by atoms with Gasteiger partial charge in [0.25, 0.3) is 5.91 Å². The first-order valence-corrected chi connectivity index (χ1v) is 10.9. The van der Waals surface area contributed by atoms with Crippen molar-refractivity contribution in [3.05, 3.63) is 40.4 Å². The van der Waals surface area contributed by atoms with Crippen LogP contribution in [0.5, 0.6) is 5.75 Å². The van der Waals surface area contributed by atoms with Crippen molar-refractivity contribution in [2.24, 2.45) is 0 Å². The number of urea groups is 1. The molecule has 0 unspecified atom stereocenters. The van der Waals surface area contributed by atoms with Crippen LogP contribution in [0.3, 0.4) is 0 Å². The summed E-state index contributed by atoms with van der Waals surface area (Å²) >= 11 is 1.44. The molecule has 7 nitrogen and oxygen atoms in total. The maximum Gasteiger partial charge on any atom is 0.321 e. The number of nitrogens with zero attached hydrogens (tertiary/aromatic N) is 2. The monoisotopic (exact) mass is 414 g/mol. The van der Waals surface area contributed by atoms with Crippen LogP contribution in [0.2, 0.25) is 0 Å². The summed E-state index contributed by atoms with van der Waals surface area (Å²) in [7, 11) is 0. The standard InChI is InChI=1S/C21H26N4O3S/c1-14-6-8-16(9-7-14)28-13-19(26)25-11-10-17-18(12-25)29-21(23-17)24-20(27)22-15-4-2-3-5-15/h6-9,15H,2-5,10-13H2,1H3,(H2,22,23,24,27). The zero-order valence-corrected chi connectivity index (χ0v) is 17.4. The number of carbonyl (C=O) groups is 2. The van der Waals surface area contributed by atoms with E-state index in [9.17, 15) is 9.59 Å². The number of thiazole rings is 1. The van der Waals surface area contributed by atoms with Gasteiger partial charge in [-0.05, 0) is 31.9 Å². The smallest absolute Gasteiger partial charge is 0.321 e. The SMILES string of the molecule is Cc1ccc(OCC(=O)N2CCc3nc(NC(=O)NC4CCCC4)sc3C2)cc1. The van der Waals surface area contributed by atoms with E-state index in [-0.39, 0.29) is 24.6 Å². The van der Waals surface area contributed by atoms with E-state index in [1.165, 1.54) is 24.2 Å². The van der Waals surface area contributed by atoms with Crippen LogP contribution in [0.25, 0.3) is 0 Å². The predicted molar refractivity (Wildman–Crippen MR) is 112 cm³/mol. The topological polar surface area (TPSA) is 83.6 Å². The number of ether oxygens (including phenoxy) is 1. The van der Waals surface area contributed by atoms with Crippen molar-refractivity contribution in [1.82, 2.24) is 15.2 Å². The summed E-state index contributed by atoms with van der Waals surface area (Å²) in [5.74, 6) is 0.650. The molecular weight excluding hydrogens is 388 g/mol. The van der Waals surface area contributed by atoms with Crippen LogP contribution in [0.1, 0.15) is 41.8 Å². The second-order valence-corrected chi connectivity index (χ2v) is 8.72. The van der Waals surface area contributed by atoms with E-state index < -0.39 is 0 Å². The lowest BCUT2D eigenvalue weighted by molar-refractivity contribution is -0.134. The summed E-state index contributed by atoms with van der Waals surface area (Å²) in [6.45, 7) is 3.15. The van der Waals surface area contributed by atoms with Crippen LogP contribution in [0, 0.1) is 6.92 Å². The third-order valence-electron chi connectivity index (χ3n) is 5.38. The summed E-state index contributed by atoms with van der Waals surface area (Å²) in [5, 5.41) is 6.45. The van der Waals surface area contributed by atoms with Crippen molar-refractivity contribution in [1.29, 1.82) is 0 Å². The molecule has 2 N–H and O–H groups in total. The Morgan fingerprint density at radius 2 is 2.00 bits per heavy atom. The minimum absolute atomic E-state index is 0.0199. The van der Waals surface area contributed by atoms with E-state index >= 15 is 0 Å². The zero-order valence-electron chi connectivity index (χ0n) is 16.6. The average molecular weight is 415 g/mol. The van der Waals surface area contributed by atoms with Crippen molar-refractivity contribution < 1.29 is 14.3 Å². The number of rotatable bonds is 5. The number of nitrogens with one attached hydrogen (secondary N) is 2. The molecule has 2 aromatic rings. The number of anilines is 1. The molecule has 8 heteroatoms. The highest BCUT2D eigenvalue weighted by Crippen LogP contribution is 2.28. The van der Waals surface area contributed by atoms with Gasteiger partial charge in [-0.3, -0.25) is 10.1 Å². The number of aryl methyl sites for hydroxylation is 1. The fourth-order valence-electron chi connectivity index (χ4n) is 3.72. The van der Waals surface area contributed by atoms with Crippen LogP contribution in [-0.4, -0.2) is 41.0 Å². The molecule has 3 amide bonds. The molecule has 0 atom stereocenters. The quantitative estimate of drug-likeness (QED) is 0.785. The van der Waals surface area contributed by atoms with Gasteiger partial charge < -0.3 is 15.0 Å². The Bertz CT molecular complexity index is 875. The summed E-state index contributed by atoms with van der Waals surface area (Å²) in [6.07, 6.45) is 5.13. The minimum Gasteiger partial charge on any atom is -0.484 e. The number of hydrogen-bond acceptors (Lipinski definition) is 5. The highest BCUT2D eigenvalue weighted by Gasteiger charge is 2.25. The molecule has 1 aliphatic carbocycles. The van der Waals surface area contributed by atoms with Crippen molar-refractivity contribution >= 4 is 28.4 Å². The molecule has 1 aromatic heterocycles. The first kappa shape index (κ1) is 19.7. The lowest BCUT2D eigenvalue weighted by atomic mass is 10.2. The lowest BCUT2D eigenvalue weighted by Gasteiger charge is -2.26. The van der Waals surface area contributed by atoms with E-state index in [1.54, 1.807) is 4.90 Å². The van der Waals surface area contributed by atoms with Crippen LogP contribution in [-0.2, 0) is 17.8 Å². The summed E-state index contributed by atoms with van der Waals surface area (Å²) in [6, 6.07) is 7.74. The third kappa shape index (κ3) is 5.06. The first-order chi connectivity index (χ1) is 14.1. The van der Waals surface area contributed by atoms with Gasteiger partial charge >= 0.3 is 6.03 Å². The van der Waals surface area contributed by atoms with Crippen molar-refractivity contribution in [3.8, 4) is 5.75 Å². The molecule has 0 saturated heterocycles. The molecule has 1 saturated carbocycles. The maximum absolute atomic E-state index is 12.5. The van der Waals surface area contributed by atoms with Crippen LogP contribution in [0.4, 0.5) is 9.93 Å². The van der Waals surface area contributed by atoms with Crippen molar-refractivity contribution in [3.63, 3.8) is 0 Å². The van der Waals surface area contributed by atoms with Crippen LogP contribution < -0.4 is 15.4 Å². The molecule has 4 rings (SSSR count). The van der Waals surface area contributed by atoms with Gasteiger partial charge in [-0.2, -0.15) is 0 Å². The second-order valence-electron chi connectivity index (χ2n) is 7.64. The summed E-state index contributed by atoms with van der Waals surface area (Å²) in [4.78, 5) is 32.0. The number of aromatic nitrogens is 1. The molecule has 2 heterocycles. The molecule has 1 aromatic carbocycles. The van der Waals surface area contributed by atoms with Gasteiger partial charge in [0.05, 0.1) is 12.2 Å². The average Bonchev–Trinajstić information content (AvgIpc) is 3.35. The maximum atomic E-state index is 12.5. The Kier molecular flexibility index (Phi) is 5.99. The Morgan fingerprint density at radius 3 is 2.76 bits per heavy atom. The Hall–Kier alpha value is -2.61. The Labute approximate surface area is 174 Å². The van der Waals surface area contributed by atoms with E-state index in [4.69, 9.17) is 4.74 Å². The third-order valence-corrected chi connectivity index (χ3v) is 6.38. The molecule has 1 aliphatic heterocycles. The summed E-state index contributed by atoms with van der Waals surface area (Å²) in [5.41, 5.74) is 2.12. The highest BCUT2D eigenvalue weighted by atomic mass is 32.1. The predicted octanol–water partition coefficient (Wildman–Crippen LogP) is 3.48. The van der Waals surface area contributed by atoms with Gasteiger partial charge in [0.1, 0.15) is 5.75 Å². The lowest BCUT2D eigenvalue weighted by Crippen LogP contribution is -2.38. The van der Waals surface area contributed by atoms with E-state index in [2.05, 4.69) is 15.6 Å². The van der Waals surface area contributed by atoms with Gasteiger partial charge in [-0.1, -0.05) is 41.9 Å². The van der Waals surface area contributed by atoms with Gasteiger partial charge in [-0.25, -0.2) is 9.78 Å². The Balaban J connectivity index is 1.29. The van der Waals surface area contributed by atoms with E-state index in [1.807, 2.05) is 31.2 Å². The first-order valence-electron chi connectivity index (χ1n) is 10.1. The van der Waals surface area contributed by atoms with Crippen molar-refractivity contribution in [2.45, 2.75) is 51.6 Å². The number of fused-ring (bicyclic) bond motifs is 1. The number of carbonyl (C=O) groups excluding carboxylic acids is 2. The zero-order chi connectivity index (χ0) is 20.2. The largest absolute Gasteiger partial charge is 0.484 e. The van der Waals surface area contributed by atoms with Crippen molar-refractivity contribution in [2.75, 3.05) is 18.5 Å². The summed E-state index contributed by atoms with van der Waals surface area (Å²) < 4.78 is 5.62. The molecule has 0 spiro atoms. The van der Waals surface area contributed by atoms with E-state index in [0.29, 0.717) is 30.4 Å². The van der Waals surface area contributed by atoms with Gasteiger partial charge in [0.2, 0.25) is 0 Å². The molecule has 154 valence electrons. The fraction of sp³-hybridized carbons (Fsp3) is 0.476. The minimum atomic E-state index is -0.192. The van der Waals surface area contributed by atoms with E-state index in [0.717, 1.165) is 29.0 Å². The molecule has 1 fully saturated rings. The Morgan fingerprint density at radius 1 is 1.24 bits per heavy atom. The molecule has 0 radical (unpaired) electrons. The molecule has 29 heavy (non-hydrogen) atoms.